The van der Waals surface area contributed by atoms with Crippen molar-refractivity contribution in [3.8, 4) is 5.19 Å². The smallest absolute Gasteiger partial charge is 0.445 e. The van der Waals surface area contributed by atoms with Crippen LogP contribution in [0.25, 0.3) is 0 Å². The number of hydrogen-bond acceptors (Lipinski definition) is 14. The summed E-state index contributed by atoms with van der Waals surface area (Å²) in [4.78, 5) is 61.0. The van der Waals surface area contributed by atoms with E-state index in [1.165, 1.54) is 49.0 Å². The first kappa shape index (κ1) is 50.2. The number of methoxy groups -OCH3 is 1. The van der Waals surface area contributed by atoms with E-state index in [4.69, 9.17) is 32.1 Å². The molecule has 2 atom stereocenters. The van der Waals surface area contributed by atoms with Gasteiger partial charge in [-0.05, 0) is 80.8 Å². The molecule has 330 valence electrons. The summed E-state index contributed by atoms with van der Waals surface area (Å²) in [5, 5.41) is 13.2. The van der Waals surface area contributed by atoms with Gasteiger partial charge in [0.15, 0.2) is 14.0 Å². The van der Waals surface area contributed by atoms with Gasteiger partial charge in [0.25, 0.3) is 11.1 Å². The Morgan fingerprint density at radius 1 is 1.10 bits per heavy atom. The molecule has 16 nitrogen and oxygen atoms in total. The summed E-state index contributed by atoms with van der Waals surface area (Å²) < 4.78 is 88.2. The molecule has 2 unspecified atom stereocenters. The van der Waals surface area contributed by atoms with E-state index in [1.807, 2.05) is 0 Å². The van der Waals surface area contributed by atoms with Crippen molar-refractivity contribution in [1.82, 2.24) is 19.6 Å². The number of ether oxygens (including phenoxy) is 2. The molecule has 0 fully saturated rings. The van der Waals surface area contributed by atoms with Gasteiger partial charge >= 0.3 is 23.0 Å². The molecule has 26 heteroatoms. The Balaban J connectivity index is 0.000000259. The number of halogens is 6. The first-order valence-corrected chi connectivity index (χ1v) is 22.7. The summed E-state index contributed by atoms with van der Waals surface area (Å²) in [6.07, 6.45) is -2.71. The topological polar surface area (TPSA) is 222 Å². The Hall–Kier alpha value is -4.19. The van der Waals surface area contributed by atoms with E-state index in [9.17, 15) is 45.7 Å². The molecule has 4 N–H and O–H groups in total. The highest BCUT2D eigenvalue weighted by atomic mass is 35.5. The number of amides is 1. The predicted octanol–water partition coefficient (Wildman–Crippen LogP) is 6.00. The number of thioether (sulfide) groups is 1. The minimum Gasteiger partial charge on any atom is -0.480 e. The Bertz CT molecular complexity index is 2280. The van der Waals surface area contributed by atoms with Crippen LogP contribution in [0, 0.1) is 11.6 Å². The van der Waals surface area contributed by atoms with Gasteiger partial charge in [0.1, 0.15) is 23.4 Å². The zero-order valence-corrected chi connectivity index (χ0v) is 36.3. The third kappa shape index (κ3) is 15.7. The molecule has 4 aromatic rings. The standard InChI is InChI=1S/C15H15ClFN3O3S2.C14H13F4N3O2S.C5H12NO4P/c1-23-13(21)8-24-12-7-11(10(17)6-9(12)16)18-14-19-4-2-3-5-20(19)15(22)25-14;1-8(2)21(10-5-3-9(15)4-6-10)11(22)7-23-13-20-19-12(24-13)14(16,17)18;1-11(9,10)3-2-4(6)5(7)8/h6-7H,2-5,8H2,1H3;3-6,8H,7H2,1-2H3;4H,2-3,6H2,1H3,(H,7,8)(H,9,10). The van der Waals surface area contributed by atoms with E-state index in [1.54, 1.807) is 23.2 Å². The summed E-state index contributed by atoms with van der Waals surface area (Å²) in [6, 6.07) is 6.63. The summed E-state index contributed by atoms with van der Waals surface area (Å²) in [5.41, 5.74) is 5.63. The lowest BCUT2D eigenvalue weighted by molar-refractivity contribution is -0.139. The summed E-state index contributed by atoms with van der Waals surface area (Å²) >= 11 is 8.38. The number of carboxylic acids is 1. The van der Waals surface area contributed by atoms with Crippen LogP contribution in [0.5, 0.6) is 5.19 Å². The first-order valence-electron chi connectivity index (χ1n) is 17.4. The van der Waals surface area contributed by atoms with Crippen LogP contribution >= 0.6 is 53.4 Å². The van der Waals surface area contributed by atoms with Crippen molar-refractivity contribution in [3.63, 3.8) is 0 Å². The van der Waals surface area contributed by atoms with Crippen LogP contribution < -0.4 is 25.0 Å². The Morgan fingerprint density at radius 2 is 1.73 bits per heavy atom. The largest absolute Gasteiger partial charge is 0.480 e. The number of aliphatic carboxylic acids is 1. The highest BCUT2D eigenvalue weighted by molar-refractivity contribution is 8.00. The van der Waals surface area contributed by atoms with Crippen LogP contribution in [0.4, 0.5) is 33.3 Å². The number of nitrogens with two attached hydrogens (primary N) is 1. The van der Waals surface area contributed by atoms with Crippen molar-refractivity contribution in [2.75, 3.05) is 37.2 Å². The number of anilines is 1. The summed E-state index contributed by atoms with van der Waals surface area (Å²) in [7, 11) is -1.81. The number of aromatic nitrogens is 4. The van der Waals surface area contributed by atoms with Crippen LogP contribution in [-0.4, -0.2) is 91.8 Å². The normalized spacial score (nSPS) is 14.1. The average molecular weight is 948 g/mol. The SMILES string of the molecule is CC(C)N(C(=O)COc1nnc(C(F)(F)F)s1)c1ccc(F)cc1.COC(=O)CSc1cc(N=c2sc(=O)n3n2CCCC3)c(F)cc1Cl.CP(=O)(O)CCC(N)C(=O)O. The number of hydrogen-bond donors (Lipinski definition) is 3. The van der Waals surface area contributed by atoms with Gasteiger partial charge in [0, 0.05) is 42.5 Å². The van der Waals surface area contributed by atoms with Crippen molar-refractivity contribution in [3.05, 3.63) is 72.5 Å². The number of fused-ring (bicyclic) bond motifs is 1. The fourth-order valence-corrected chi connectivity index (χ4v) is 8.15. The Kier molecular flexibility index (Phi) is 18.9. The predicted molar refractivity (Wildman–Crippen MR) is 215 cm³/mol. The zero-order chi connectivity index (χ0) is 44.9. The number of nitrogens with zero attached hydrogens (tertiary/aromatic N) is 6. The van der Waals surface area contributed by atoms with Crippen molar-refractivity contribution in [1.29, 1.82) is 0 Å². The molecule has 1 aliphatic rings. The fourth-order valence-electron chi connectivity index (χ4n) is 4.84. The van der Waals surface area contributed by atoms with Crippen molar-refractivity contribution in [2.45, 2.75) is 69.4 Å². The van der Waals surface area contributed by atoms with E-state index >= 15 is 0 Å². The molecular weight excluding hydrogens is 908 g/mol. The average Bonchev–Trinajstić information content (AvgIpc) is 3.79. The van der Waals surface area contributed by atoms with Gasteiger partial charge in [-0.1, -0.05) is 28.0 Å². The number of carbonyl (C=O) groups is 3. The molecule has 0 spiro atoms. The van der Waals surface area contributed by atoms with Crippen molar-refractivity contribution < 1.29 is 60.4 Å². The highest BCUT2D eigenvalue weighted by Crippen LogP contribution is 2.36. The maximum absolute atomic E-state index is 14.3. The lowest BCUT2D eigenvalue weighted by Crippen LogP contribution is -2.40. The van der Waals surface area contributed by atoms with Gasteiger partial charge in [-0.25, -0.2) is 18.5 Å². The van der Waals surface area contributed by atoms with Crippen LogP contribution in [0.15, 0.2) is 51.1 Å². The fraction of sp³-hybridized carbons (Fsp3) is 0.441. The minimum atomic E-state index is -4.61. The zero-order valence-electron chi connectivity index (χ0n) is 32.2. The first-order chi connectivity index (χ1) is 28.0. The molecule has 60 heavy (non-hydrogen) atoms. The second kappa shape index (κ2) is 22.6. The highest BCUT2D eigenvalue weighted by Gasteiger charge is 2.36. The minimum absolute atomic E-state index is 0.0412. The van der Waals surface area contributed by atoms with Crippen LogP contribution in [0.3, 0.4) is 0 Å². The maximum atomic E-state index is 14.3. The third-order valence-corrected chi connectivity index (χ3v) is 12.0. The molecule has 5 rings (SSSR count). The lowest BCUT2D eigenvalue weighted by Gasteiger charge is -2.26. The number of carboxylic acid groups (broad SMARTS) is 1. The van der Waals surface area contributed by atoms with Gasteiger partial charge in [-0.3, -0.25) is 28.4 Å². The van der Waals surface area contributed by atoms with Crippen LogP contribution in [0.1, 0.15) is 38.1 Å². The summed E-state index contributed by atoms with van der Waals surface area (Å²) in [5.74, 6) is -3.01. The lowest BCUT2D eigenvalue weighted by atomic mass is 10.2. The van der Waals surface area contributed by atoms with Gasteiger partial charge in [0.2, 0.25) is 9.81 Å². The Morgan fingerprint density at radius 3 is 2.28 bits per heavy atom. The number of benzene rings is 2. The molecule has 1 aliphatic heterocycles. The van der Waals surface area contributed by atoms with E-state index in [0.717, 1.165) is 42.0 Å². The van der Waals surface area contributed by atoms with Crippen molar-refractivity contribution in [2.24, 2.45) is 10.7 Å². The monoisotopic (exact) mass is 947 g/mol. The van der Waals surface area contributed by atoms with Gasteiger partial charge < -0.3 is 30.1 Å². The van der Waals surface area contributed by atoms with E-state index in [-0.39, 0.29) is 56.5 Å². The molecule has 0 radical (unpaired) electrons. The molecule has 0 saturated heterocycles. The number of carbonyl (C=O) groups excluding carboxylic acids is 2. The van der Waals surface area contributed by atoms with Gasteiger partial charge in [-0.15, -0.1) is 16.9 Å². The van der Waals surface area contributed by atoms with Crippen molar-refractivity contribution >= 4 is 82.6 Å². The molecule has 0 aliphatic carbocycles. The second-order valence-electron chi connectivity index (χ2n) is 12.8. The van der Waals surface area contributed by atoms with E-state index in [2.05, 4.69) is 19.9 Å². The summed E-state index contributed by atoms with van der Waals surface area (Å²) in [6.45, 7) is 5.48. The Labute approximate surface area is 356 Å². The van der Waals surface area contributed by atoms with Gasteiger partial charge in [0.05, 0.1) is 17.9 Å². The second-order valence-corrected chi connectivity index (χ2v) is 18.6. The van der Waals surface area contributed by atoms with E-state index < -0.39 is 60.7 Å². The molecule has 3 heterocycles. The van der Waals surface area contributed by atoms with Crippen LogP contribution in [-0.2, 0) is 43.0 Å². The maximum Gasteiger partial charge on any atom is 0.445 e. The molecule has 0 bridgehead atoms. The number of rotatable bonds is 13. The van der Waals surface area contributed by atoms with Crippen LogP contribution in [0.2, 0.25) is 5.02 Å². The molecule has 1 amide bonds. The molecular formula is C34H40ClF5N7O9PS3. The number of alkyl halides is 3. The molecule has 0 saturated carbocycles. The van der Waals surface area contributed by atoms with E-state index in [0.29, 0.717) is 28.5 Å². The molecule has 2 aromatic heterocycles. The third-order valence-electron chi connectivity index (χ3n) is 7.71. The number of esters is 1. The molecule has 2 aromatic carbocycles. The van der Waals surface area contributed by atoms with Gasteiger partial charge in [-0.2, -0.15) is 13.2 Å². The quantitative estimate of drug-likeness (QED) is 0.0607.